The fourth-order valence-corrected chi connectivity index (χ4v) is 1.43. The first-order chi connectivity index (χ1) is 7.22. The number of aliphatic hydroxyl groups excluding tert-OH is 1. The highest BCUT2D eigenvalue weighted by molar-refractivity contribution is 5.15. The fraction of sp³-hybridized carbons (Fsp3) is 0.500. The Bertz CT molecular complexity index is 291. The third-order valence-electron chi connectivity index (χ3n) is 2.33. The second kappa shape index (κ2) is 6.53. The summed E-state index contributed by atoms with van der Waals surface area (Å²) in [5.74, 6) is 0.251. The highest BCUT2D eigenvalue weighted by atomic mass is 19.1. The summed E-state index contributed by atoms with van der Waals surface area (Å²) in [5.41, 5.74) is 0.950. The second-order valence-electron chi connectivity index (χ2n) is 3.88. The van der Waals surface area contributed by atoms with Crippen LogP contribution in [0.1, 0.15) is 18.9 Å². The Labute approximate surface area is 90.1 Å². The molecule has 0 aliphatic heterocycles. The summed E-state index contributed by atoms with van der Waals surface area (Å²) in [6.07, 6.45) is 0.802. The third-order valence-corrected chi connectivity index (χ3v) is 2.33. The molecule has 2 N–H and O–H groups in total. The minimum absolute atomic E-state index is 0.197. The predicted octanol–water partition coefficient (Wildman–Crippen LogP) is 1.93. The van der Waals surface area contributed by atoms with Crippen molar-refractivity contribution in [3.8, 4) is 0 Å². The quantitative estimate of drug-likeness (QED) is 0.753. The summed E-state index contributed by atoms with van der Waals surface area (Å²) in [4.78, 5) is 0. The van der Waals surface area contributed by atoms with Gasteiger partial charge in [0.05, 0.1) is 0 Å². The maximum Gasteiger partial charge on any atom is 0.123 e. The Morgan fingerprint density at radius 1 is 1.47 bits per heavy atom. The van der Waals surface area contributed by atoms with Crippen molar-refractivity contribution in [3.05, 3.63) is 35.6 Å². The zero-order valence-corrected chi connectivity index (χ0v) is 9.04. The third kappa shape index (κ3) is 4.91. The van der Waals surface area contributed by atoms with Gasteiger partial charge in [-0.25, -0.2) is 4.39 Å². The van der Waals surface area contributed by atoms with E-state index in [2.05, 4.69) is 12.2 Å². The van der Waals surface area contributed by atoms with Crippen molar-refractivity contribution in [3.63, 3.8) is 0 Å². The molecule has 2 nitrogen and oxygen atoms in total. The first kappa shape index (κ1) is 12.1. The van der Waals surface area contributed by atoms with E-state index in [1.165, 1.54) is 12.1 Å². The van der Waals surface area contributed by atoms with Gasteiger partial charge in [0.25, 0.3) is 0 Å². The van der Waals surface area contributed by atoms with Crippen LogP contribution in [0.3, 0.4) is 0 Å². The molecule has 0 fully saturated rings. The van der Waals surface area contributed by atoms with Crippen molar-refractivity contribution in [1.82, 2.24) is 5.32 Å². The number of rotatable bonds is 6. The van der Waals surface area contributed by atoms with Crippen molar-refractivity contribution < 1.29 is 9.50 Å². The molecule has 1 aromatic carbocycles. The molecule has 0 saturated heterocycles. The molecule has 1 rings (SSSR count). The molecule has 0 bridgehead atoms. The summed E-state index contributed by atoms with van der Waals surface area (Å²) in [6, 6.07) is 6.58. The molecule has 0 saturated carbocycles. The van der Waals surface area contributed by atoms with E-state index in [-0.39, 0.29) is 12.4 Å². The molecular formula is C12H18FNO. The van der Waals surface area contributed by atoms with Gasteiger partial charge in [-0.05, 0) is 36.6 Å². The first-order valence-corrected chi connectivity index (χ1v) is 5.28. The Hall–Kier alpha value is -0.930. The highest BCUT2D eigenvalue weighted by Crippen LogP contribution is 2.04. The van der Waals surface area contributed by atoms with Gasteiger partial charge in [-0.15, -0.1) is 0 Å². The van der Waals surface area contributed by atoms with Gasteiger partial charge in [-0.2, -0.15) is 0 Å². The van der Waals surface area contributed by atoms with Crippen molar-refractivity contribution in [2.24, 2.45) is 5.92 Å². The number of benzene rings is 1. The van der Waals surface area contributed by atoms with Crippen molar-refractivity contribution in [1.29, 1.82) is 0 Å². The molecule has 0 aliphatic rings. The topological polar surface area (TPSA) is 32.3 Å². The van der Waals surface area contributed by atoms with Gasteiger partial charge in [0.15, 0.2) is 0 Å². The van der Waals surface area contributed by atoms with Crippen LogP contribution in [0.2, 0.25) is 0 Å². The number of halogens is 1. The van der Waals surface area contributed by atoms with Crippen molar-refractivity contribution in [2.45, 2.75) is 19.9 Å². The lowest BCUT2D eigenvalue weighted by molar-refractivity contribution is 0.260. The molecule has 0 aromatic heterocycles. The Morgan fingerprint density at radius 2 is 2.27 bits per heavy atom. The van der Waals surface area contributed by atoms with Crippen LogP contribution < -0.4 is 5.32 Å². The average molecular weight is 211 g/mol. The van der Waals surface area contributed by atoms with Gasteiger partial charge in [-0.3, -0.25) is 0 Å². The SMILES string of the molecule is CC(CCO)CNCc1cccc(F)c1. The van der Waals surface area contributed by atoms with E-state index in [9.17, 15) is 4.39 Å². The second-order valence-corrected chi connectivity index (χ2v) is 3.88. The Morgan fingerprint density at radius 3 is 2.93 bits per heavy atom. The summed E-state index contributed by atoms with van der Waals surface area (Å²) in [6.45, 7) is 3.82. The lowest BCUT2D eigenvalue weighted by Gasteiger charge is -2.10. The number of aliphatic hydroxyl groups is 1. The maximum absolute atomic E-state index is 12.8. The minimum atomic E-state index is -0.197. The van der Waals surface area contributed by atoms with Crippen molar-refractivity contribution >= 4 is 0 Å². The highest BCUT2D eigenvalue weighted by Gasteiger charge is 2.00. The maximum atomic E-state index is 12.8. The minimum Gasteiger partial charge on any atom is -0.396 e. The summed E-state index contributed by atoms with van der Waals surface area (Å²) in [7, 11) is 0. The zero-order chi connectivity index (χ0) is 11.1. The molecule has 0 radical (unpaired) electrons. The average Bonchev–Trinajstić information content (AvgIpc) is 2.18. The molecule has 0 aliphatic carbocycles. The molecule has 0 spiro atoms. The van der Waals surface area contributed by atoms with E-state index in [4.69, 9.17) is 5.11 Å². The molecule has 3 heteroatoms. The lowest BCUT2D eigenvalue weighted by atomic mass is 10.1. The van der Waals surface area contributed by atoms with Crippen LogP contribution in [0.25, 0.3) is 0 Å². The van der Waals surface area contributed by atoms with E-state index < -0.39 is 0 Å². The standard InChI is InChI=1S/C12H18FNO/c1-10(5-6-15)8-14-9-11-3-2-4-12(13)7-11/h2-4,7,10,14-15H,5-6,8-9H2,1H3. The molecule has 1 aromatic rings. The van der Waals surface area contributed by atoms with Crippen LogP contribution in [0, 0.1) is 11.7 Å². The fourth-order valence-electron chi connectivity index (χ4n) is 1.43. The molecule has 15 heavy (non-hydrogen) atoms. The summed E-state index contributed by atoms with van der Waals surface area (Å²) in [5, 5.41) is 11.9. The van der Waals surface area contributed by atoms with Gasteiger partial charge in [-0.1, -0.05) is 19.1 Å². The van der Waals surface area contributed by atoms with Gasteiger partial charge in [0, 0.05) is 13.2 Å². The summed E-state index contributed by atoms with van der Waals surface area (Å²) < 4.78 is 12.8. The van der Waals surface area contributed by atoms with Gasteiger partial charge in [0.2, 0.25) is 0 Å². The van der Waals surface area contributed by atoms with Crippen LogP contribution in [-0.2, 0) is 6.54 Å². The van der Waals surface area contributed by atoms with Gasteiger partial charge < -0.3 is 10.4 Å². The van der Waals surface area contributed by atoms with E-state index in [1.807, 2.05) is 6.07 Å². The molecular weight excluding hydrogens is 193 g/mol. The van der Waals surface area contributed by atoms with Crippen molar-refractivity contribution in [2.75, 3.05) is 13.2 Å². The molecule has 84 valence electrons. The van der Waals surface area contributed by atoms with Crippen LogP contribution in [0.5, 0.6) is 0 Å². The Balaban J connectivity index is 2.25. The van der Waals surface area contributed by atoms with E-state index in [1.54, 1.807) is 6.07 Å². The van der Waals surface area contributed by atoms with Crippen LogP contribution in [0.15, 0.2) is 24.3 Å². The van der Waals surface area contributed by atoms with Crippen LogP contribution >= 0.6 is 0 Å². The molecule has 0 amide bonds. The predicted molar refractivity (Wildman–Crippen MR) is 59.0 cm³/mol. The molecule has 1 unspecified atom stereocenters. The van der Waals surface area contributed by atoms with Gasteiger partial charge >= 0.3 is 0 Å². The monoisotopic (exact) mass is 211 g/mol. The normalized spacial score (nSPS) is 12.7. The van der Waals surface area contributed by atoms with E-state index >= 15 is 0 Å². The first-order valence-electron chi connectivity index (χ1n) is 5.28. The number of hydrogen-bond acceptors (Lipinski definition) is 2. The summed E-state index contributed by atoms with van der Waals surface area (Å²) >= 11 is 0. The van der Waals surface area contributed by atoms with Crippen LogP contribution in [0.4, 0.5) is 4.39 Å². The molecule has 1 atom stereocenters. The van der Waals surface area contributed by atoms with Gasteiger partial charge in [0.1, 0.15) is 5.82 Å². The molecule has 0 heterocycles. The zero-order valence-electron chi connectivity index (χ0n) is 9.04. The van der Waals surface area contributed by atoms with E-state index in [0.717, 1.165) is 18.5 Å². The lowest BCUT2D eigenvalue weighted by Crippen LogP contribution is -2.21. The largest absolute Gasteiger partial charge is 0.396 e. The Kier molecular flexibility index (Phi) is 5.29. The number of hydrogen-bond donors (Lipinski definition) is 2. The van der Waals surface area contributed by atoms with E-state index in [0.29, 0.717) is 12.5 Å². The van der Waals surface area contributed by atoms with Crippen LogP contribution in [-0.4, -0.2) is 18.3 Å². The smallest absolute Gasteiger partial charge is 0.123 e. The number of nitrogens with one attached hydrogen (secondary N) is 1.